The smallest absolute Gasteiger partial charge is 0.180 e. The third-order valence-electron chi connectivity index (χ3n) is 28.8. The molecule has 3 aliphatic rings. The first kappa shape index (κ1) is 89.6. The van der Waals surface area contributed by atoms with Crippen molar-refractivity contribution in [3.63, 3.8) is 0 Å². The summed E-state index contributed by atoms with van der Waals surface area (Å²) >= 11 is 0. The molecule has 0 saturated heterocycles. The maximum absolute atomic E-state index is 5.27. The molecule has 24 aromatic rings. The van der Waals surface area contributed by atoms with Gasteiger partial charge in [0.1, 0.15) is 0 Å². The van der Waals surface area contributed by atoms with Gasteiger partial charge in [0.15, 0.2) is 76.6 Å². The fourth-order valence-electron chi connectivity index (χ4n) is 22.3. The van der Waals surface area contributed by atoms with Crippen molar-refractivity contribution in [1.82, 2.24) is 44.9 Å². The van der Waals surface area contributed by atoms with Gasteiger partial charge in [0, 0.05) is 50.1 Å². The van der Waals surface area contributed by atoms with E-state index < -0.39 is 24.2 Å². The summed E-state index contributed by atoms with van der Waals surface area (Å²) in [6.07, 6.45) is 0. The number of rotatable bonds is 18. The van der Waals surface area contributed by atoms with Crippen molar-refractivity contribution in [3.8, 4) is 169 Å². The normalized spacial score (nSPS) is 12.7. The molecular weight excluding hydrogens is 1830 g/mol. The van der Waals surface area contributed by atoms with E-state index in [-0.39, 0.29) is 0 Å². The van der Waals surface area contributed by atoms with Gasteiger partial charge in [0.05, 0.1) is 0 Å². The molecule has 0 bridgehead atoms. The third kappa shape index (κ3) is 16.5. The maximum Gasteiger partial charge on any atom is 0.180 e. The summed E-state index contributed by atoms with van der Waals surface area (Å²) in [5.41, 5.74) is 23.1. The molecule has 0 saturated carbocycles. The number of nitrogens with zero attached hydrogens (tertiary/aromatic N) is 9. The van der Waals surface area contributed by atoms with Gasteiger partial charge in [0.25, 0.3) is 0 Å². The molecule has 9 nitrogen and oxygen atoms in total. The molecule has 6 heterocycles. The van der Waals surface area contributed by atoms with Crippen molar-refractivity contribution in [3.05, 3.63) is 564 Å². The van der Waals surface area contributed by atoms with Crippen molar-refractivity contribution < 1.29 is 0 Å². The summed E-state index contributed by atoms with van der Waals surface area (Å²) in [5, 5.41) is 16.6. The average Bonchev–Trinajstić information content (AvgIpc) is 1.55. The van der Waals surface area contributed by atoms with Crippen molar-refractivity contribution in [2.45, 2.75) is 0 Å². The maximum atomic E-state index is 5.27. The predicted octanol–water partition coefficient (Wildman–Crippen LogP) is 23.7. The molecule has 0 unspecified atom stereocenters. The minimum atomic E-state index is -2.66. The van der Waals surface area contributed by atoms with Crippen LogP contribution >= 0.6 is 0 Å². The Morgan fingerprint density at radius 1 is 0.102 bits per heavy atom. The molecule has 0 atom stereocenters. The fourth-order valence-corrected chi connectivity index (χ4v) is 37.9. The highest BCUT2D eigenvalue weighted by molar-refractivity contribution is 7.23. The van der Waals surface area contributed by atoms with Gasteiger partial charge < -0.3 is 0 Å². The highest BCUT2D eigenvalue weighted by atomic mass is 28.3. The van der Waals surface area contributed by atoms with Gasteiger partial charge in [-0.05, 0) is 153 Å². The average molecular weight is 1930 g/mol. The first-order valence-electron chi connectivity index (χ1n) is 49.9. The lowest BCUT2D eigenvalue weighted by Crippen LogP contribution is -2.72. The van der Waals surface area contributed by atoms with Crippen LogP contribution in [0.5, 0.6) is 0 Å². The van der Waals surface area contributed by atoms with E-state index in [1.165, 1.54) is 95.6 Å². The van der Waals surface area contributed by atoms with Crippen LogP contribution in [0, 0.1) is 0 Å². The molecule has 27 rings (SSSR count). The van der Waals surface area contributed by atoms with Crippen molar-refractivity contribution in [1.29, 1.82) is 0 Å². The van der Waals surface area contributed by atoms with Crippen molar-refractivity contribution in [2.24, 2.45) is 0 Å². The monoisotopic (exact) mass is 1920 g/mol. The van der Waals surface area contributed by atoms with Crippen LogP contribution in [0.4, 0.5) is 0 Å². The van der Waals surface area contributed by atoms with E-state index in [1.807, 2.05) is 72.8 Å². The molecule has 12 heteroatoms. The Bertz CT molecular complexity index is 8740. The second kappa shape index (κ2) is 39.3. The zero-order valence-electron chi connectivity index (χ0n) is 80.2. The van der Waals surface area contributed by atoms with Gasteiger partial charge in [-0.3, -0.25) is 0 Å². The number of aromatic nitrogens is 9. The highest BCUT2D eigenvalue weighted by Gasteiger charge is 2.52. The van der Waals surface area contributed by atoms with Crippen LogP contribution in [0.1, 0.15) is 0 Å². The first-order valence-corrected chi connectivity index (χ1v) is 55.9. The van der Waals surface area contributed by atoms with Crippen LogP contribution in [-0.4, -0.2) is 69.1 Å². The Balaban J connectivity index is 0.000000115. The molecule has 3 aliphatic heterocycles. The van der Waals surface area contributed by atoms with E-state index in [0.717, 1.165) is 83.5 Å². The van der Waals surface area contributed by atoms with Crippen LogP contribution in [0.15, 0.2) is 564 Å². The Labute approximate surface area is 858 Å². The van der Waals surface area contributed by atoms with Gasteiger partial charge in [-0.2, -0.15) is 0 Å². The van der Waals surface area contributed by atoms with Gasteiger partial charge in [-0.25, -0.2) is 44.9 Å². The summed E-state index contributed by atoms with van der Waals surface area (Å²) in [5.74, 6) is 5.92. The van der Waals surface area contributed by atoms with Crippen LogP contribution in [0.2, 0.25) is 0 Å². The van der Waals surface area contributed by atoms with E-state index in [4.69, 9.17) is 44.9 Å². The number of hydrogen-bond acceptors (Lipinski definition) is 9. The number of benzene rings is 21. The molecule has 21 aromatic carbocycles. The minimum absolute atomic E-state index is 0.653. The molecule has 0 N–H and O–H groups in total. The Morgan fingerprint density at radius 2 is 0.306 bits per heavy atom. The Hall–Kier alpha value is -18.7. The van der Waals surface area contributed by atoms with E-state index >= 15 is 0 Å². The Morgan fingerprint density at radius 3 is 0.653 bits per heavy atom. The van der Waals surface area contributed by atoms with E-state index in [9.17, 15) is 0 Å². The molecular formula is C135H93N9Si3. The summed E-state index contributed by atoms with van der Waals surface area (Å²) in [7, 11) is -7.89. The molecule has 690 valence electrons. The molecule has 0 radical (unpaired) electrons. The largest absolute Gasteiger partial charge is 0.208 e. The first-order chi connectivity index (χ1) is 72.9. The lowest BCUT2D eigenvalue weighted by molar-refractivity contribution is 1.07. The number of fused-ring (bicyclic) bond motifs is 9. The van der Waals surface area contributed by atoms with E-state index in [1.54, 1.807) is 0 Å². The SMILES string of the molecule is c1ccc(-c2cccc(-c3nc(-c4ccccc4)nc(-c4ccc5c(c4)-c4ccccc4[Si]5(c4ccccc4)c4ccccc4)n3)c2)cc1.c1ccc(-c2cccc(-c3nc(-c4ccccc4)nc(-c4ccc5c(c4)[Si](c4ccccc4)(c4ccccc4)c4ccccc4-5)n3)c2)cc1.c1ccc(-c2cccc(-c3nc(-c4ccccc4)nc(-c4cccc5c4-c4ccccc4[Si]5(c4ccccc4)c4ccccc4)n3)c2)cc1. The third-order valence-corrected chi connectivity index (χ3v) is 43.5. The van der Waals surface area contributed by atoms with Gasteiger partial charge in [-0.1, -0.05) is 540 Å². The number of hydrogen-bond donors (Lipinski definition) is 0. The summed E-state index contributed by atoms with van der Waals surface area (Å²) < 4.78 is 0. The van der Waals surface area contributed by atoms with Crippen LogP contribution in [0.3, 0.4) is 0 Å². The Kier molecular flexibility index (Phi) is 24.0. The van der Waals surface area contributed by atoms with Gasteiger partial charge in [-0.15, -0.1) is 0 Å². The molecule has 0 spiro atoms. The van der Waals surface area contributed by atoms with E-state index in [2.05, 4.69) is 491 Å². The predicted molar refractivity (Wildman–Crippen MR) is 613 cm³/mol. The molecule has 0 amide bonds. The van der Waals surface area contributed by atoms with Crippen molar-refractivity contribution >= 4 is 86.5 Å². The second-order valence-electron chi connectivity index (χ2n) is 37.2. The van der Waals surface area contributed by atoms with Crippen LogP contribution < -0.4 is 62.2 Å². The summed E-state index contributed by atoms with van der Waals surface area (Å²) in [6, 6.07) is 201. The molecule has 147 heavy (non-hydrogen) atoms. The summed E-state index contributed by atoms with van der Waals surface area (Å²) in [4.78, 5) is 46.2. The van der Waals surface area contributed by atoms with E-state index in [0.29, 0.717) is 52.4 Å². The van der Waals surface area contributed by atoms with Crippen molar-refractivity contribution in [2.75, 3.05) is 0 Å². The zero-order valence-corrected chi connectivity index (χ0v) is 83.2. The second-order valence-corrected chi connectivity index (χ2v) is 48.4. The lowest BCUT2D eigenvalue weighted by atomic mass is 9.99. The minimum Gasteiger partial charge on any atom is -0.208 e. The quantitative estimate of drug-likeness (QED) is 0.0774. The molecule has 0 aliphatic carbocycles. The highest BCUT2D eigenvalue weighted by Crippen LogP contribution is 2.41. The standard InChI is InChI=1S/3C45H31N3Si/c1-5-17-32(18-6-1)34-21-15-22-35(31-34)44-46-43(33-19-7-2-8-20-33)47-45(48-44)39-28-16-30-41-42(39)38-27-13-14-29-40(38)49(41,36-23-9-3-10-24-36)37-25-11-4-12-26-37;1-5-16-32(17-6-1)34-20-15-21-35(30-34)44-46-43(33-18-7-2-8-19-33)47-45(48-44)36-28-29-42-40(31-36)39-26-13-14-27-41(39)49(42,37-22-9-3-10-23-37)38-24-11-4-12-25-38;1-5-16-32(17-6-1)34-20-15-21-35(30-34)44-46-43(33-18-7-2-8-19-33)47-45(48-44)36-28-29-40-39-26-13-14-27-41(39)49(42(40)31-36,37-22-9-3-10-23-37)38-24-11-4-12-25-38/h3*1-31H. The fraction of sp³-hybridized carbons (Fsp3) is 0. The summed E-state index contributed by atoms with van der Waals surface area (Å²) in [6.45, 7) is 0. The van der Waals surface area contributed by atoms with Crippen LogP contribution in [0.25, 0.3) is 169 Å². The topological polar surface area (TPSA) is 116 Å². The molecule has 3 aromatic heterocycles. The van der Waals surface area contributed by atoms with Gasteiger partial charge >= 0.3 is 0 Å². The zero-order chi connectivity index (χ0) is 97.9. The molecule has 0 fully saturated rings. The van der Waals surface area contributed by atoms with Gasteiger partial charge in [0.2, 0.25) is 0 Å². The van der Waals surface area contributed by atoms with Crippen LogP contribution in [-0.2, 0) is 0 Å². The lowest BCUT2D eigenvalue weighted by Gasteiger charge is -2.31.